The molecule has 0 spiro atoms. The van der Waals surface area contributed by atoms with Crippen LogP contribution in [0, 0.1) is 6.92 Å². The van der Waals surface area contributed by atoms with E-state index in [2.05, 4.69) is 35.3 Å². The third-order valence-corrected chi connectivity index (χ3v) is 3.70. The molecular formula is C17H23N3O2. The summed E-state index contributed by atoms with van der Waals surface area (Å²) in [6, 6.07) is 9.82. The summed E-state index contributed by atoms with van der Waals surface area (Å²) in [6.45, 7) is 9.49. The molecule has 0 saturated carbocycles. The van der Waals surface area contributed by atoms with Crippen molar-refractivity contribution in [1.82, 2.24) is 15.4 Å². The number of amides is 1. The Morgan fingerprint density at radius 2 is 1.91 bits per heavy atom. The highest BCUT2D eigenvalue weighted by atomic mass is 16.5. The molecule has 5 heteroatoms. The molecule has 1 aromatic heterocycles. The zero-order chi connectivity index (χ0) is 15.9. The second kappa shape index (κ2) is 7.75. The summed E-state index contributed by atoms with van der Waals surface area (Å²) in [5.74, 6) is 0.0111. The Labute approximate surface area is 131 Å². The maximum atomic E-state index is 12.0. The second-order valence-electron chi connectivity index (χ2n) is 5.25. The average molecular weight is 301 g/mol. The standard InChI is InChI=1S/C17H23N3O2/c1-4-20(5-2)12-15-9-7-6-8-14(15)11-18-17(21)16-10-13(3)19-22-16/h6-10H,4-5,11-12H2,1-3H3,(H,18,21). The molecule has 0 saturated heterocycles. The molecule has 2 aromatic rings. The van der Waals surface area contributed by atoms with E-state index in [1.165, 1.54) is 5.56 Å². The molecular weight excluding hydrogens is 278 g/mol. The van der Waals surface area contributed by atoms with Crippen LogP contribution in [-0.4, -0.2) is 29.1 Å². The number of benzene rings is 1. The first kappa shape index (κ1) is 16.2. The van der Waals surface area contributed by atoms with Gasteiger partial charge in [0.25, 0.3) is 5.91 Å². The molecule has 1 N–H and O–H groups in total. The predicted molar refractivity (Wildman–Crippen MR) is 85.5 cm³/mol. The molecule has 1 heterocycles. The van der Waals surface area contributed by atoms with Gasteiger partial charge < -0.3 is 9.84 Å². The van der Waals surface area contributed by atoms with Gasteiger partial charge in [-0.15, -0.1) is 0 Å². The zero-order valence-electron chi connectivity index (χ0n) is 13.4. The molecule has 2 rings (SSSR count). The topological polar surface area (TPSA) is 58.4 Å². The van der Waals surface area contributed by atoms with E-state index in [0.29, 0.717) is 12.2 Å². The van der Waals surface area contributed by atoms with E-state index < -0.39 is 0 Å². The van der Waals surface area contributed by atoms with Crippen LogP contribution in [0.3, 0.4) is 0 Å². The fourth-order valence-electron chi connectivity index (χ4n) is 2.31. The molecule has 0 unspecified atom stereocenters. The van der Waals surface area contributed by atoms with Gasteiger partial charge in [0.15, 0.2) is 0 Å². The van der Waals surface area contributed by atoms with Crippen molar-refractivity contribution in [3.05, 3.63) is 52.9 Å². The number of carbonyl (C=O) groups excluding carboxylic acids is 1. The Morgan fingerprint density at radius 3 is 2.50 bits per heavy atom. The molecule has 22 heavy (non-hydrogen) atoms. The predicted octanol–water partition coefficient (Wildman–Crippen LogP) is 2.75. The molecule has 0 aliphatic rings. The van der Waals surface area contributed by atoms with Gasteiger partial charge in [-0.3, -0.25) is 9.69 Å². The van der Waals surface area contributed by atoms with Gasteiger partial charge in [-0.05, 0) is 31.1 Å². The maximum Gasteiger partial charge on any atom is 0.290 e. The highest BCUT2D eigenvalue weighted by Crippen LogP contribution is 2.12. The lowest BCUT2D eigenvalue weighted by Gasteiger charge is -2.20. The lowest BCUT2D eigenvalue weighted by molar-refractivity contribution is 0.0913. The first-order valence-corrected chi connectivity index (χ1v) is 7.64. The van der Waals surface area contributed by atoms with E-state index in [4.69, 9.17) is 4.52 Å². The maximum absolute atomic E-state index is 12.0. The molecule has 0 aliphatic carbocycles. The number of nitrogens with one attached hydrogen (secondary N) is 1. The molecule has 0 fully saturated rings. The van der Waals surface area contributed by atoms with Crippen LogP contribution in [0.2, 0.25) is 0 Å². The van der Waals surface area contributed by atoms with Crippen LogP contribution < -0.4 is 5.32 Å². The van der Waals surface area contributed by atoms with E-state index in [-0.39, 0.29) is 11.7 Å². The molecule has 1 amide bonds. The Bertz CT molecular complexity index is 618. The third-order valence-electron chi connectivity index (χ3n) is 3.70. The van der Waals surface area contributed by atoms with Gasteiger partial charge in [0.1, 0.15) is 0 Å². The van der Waals surface area contributed by atoms with E-state index in [9.17, 15) is 4.79 Å². The lowest BCUT2D eigenvalue weighted by Crippen LogP contribution is -2.25. The third kappa shape index (κ3) is 4.18. The Hall–Kier alpha value is -2.14. The van der Waals surface area contributed by atoms with Crippen molar-refractivity contribution >= 4 is 5.91 Å². The molecule has 1 aromatic carbocycles. The van der Waals surface area contributed by atoms with Crippen molar-refractivity contribution in [2.24, 2.45) is 0 Å². The van der Waals surface area contributed by atoms with Crippen molar-refractivity contribution < 1.29 is 9.32 Å². The molecule has 0 aliphatic heterocycles. The molecule has 0 bridgehead atoms. The van der Waals surface area contributed by atoms with Crippen molar-refractivity contribution in [2.75, 3.05) is 13.1 Å². The number of hydrogen-bond acceptors (Lipinski definition) is 4. The first-order chi connectivity index (χ1) is 10.6. The minimum atomic E-state index is -0.238. The number of aromatic nitrogens is 1. The van der Waals surface area contributed by atoms with Crippen molar-refractivity contribution in [3.8, 4) is 0 Å². The van der Waals surface area contributed by atoms with Crippen molar-refractivity contribution in [2.45, 2.75) is 33.9 Å². The summed E-state index contributed by atoms with van der Waals surface area (Å²) >= 11 is 0. The molecule has 5 nitrogen and oxygen atoms in total. The highest BCUT2D eigenvalue weighted by molar-refractivity contribution is 5.91. The first-order valence-electron chi connectivity index (χ1n) is 7.64. The summed E-state index contributed by atoms with van der Waals surface area (Å²) in [7, 11) is 0. The van der Waals surface area contributed by atoms with Crippen molar-refractivity contribution in [3.63, 3.8) is 0 Å². The second-order valence-corrected chi connectivity index (χ2v) is 5.25. The lowest BCUT2D eigenvalue weighted by atomic mass is 10.1. The van der Waals surface area contributed by atoms with Gasteiger partial charge >= 0.3 is 0 Å². The minimum Gasteiger partial charge on any atom is -0.351 e. The van der Waals surface area contributed by atoms with Crippen LogP contribution in [0.4, 0.5) is 0 Å². The summed E-state index contributed by atoms with van der Waals surface area (Å²) in [5, 5.41) is 6.62. The Morgan fingerprint density at radius 1 is 1.23 bits per heavy atom. The number of carbonyl (C=O) groups is 1. The highest BCUT2D eigenvalue weighted by Gasteiger charge is 2.12. The van der Waals surface area contributed by atoms with E-state index in [1.807, 2.05) is 18.2 Å². The smallest absolute Gasteiger partial charge is 0.290 e. The minimum absolute atomic E-state index is 0.238. The van der Waals surface area contributed by atoms with Crippen LogP contribution in [0.15, 0.2) is 34.9 Å². The van der Waals surface area contributed by atoms with Gasteiger partial charge in [0.05, 0.1) is 5.69 Å². The van der Waals surface area contributed by atoms with Crippen LogP contribution in [0.5, 0.6) is 0 Å². The van der Waals surface area contributed by atoms with Crippen LogP contribution in [-0.2, 0) is 13.1 Å². The van der Waals surface area contributed by atoms with Gasteiger partial charge in [-0.1, -0.05) is 43.3 Å². The van der Waals surface area contributed by atoms with E-state index >= 15 is 0 Å². The Balaban J connectivity index is 2.02. The Kier molecular flexibility index (Phi) is 5.72. The van der Waals surface area contributed by atoms with Crippen molar-refractivity contribution in [1.29, 1.82) is 0 Å². The van der Waals surface area contributed by atoms with Gasteiger partial charge in [-0.2, -0.15) is 0 Å². The number of aryl methyl sites for hydroxylation is 1. The quantitative estimate of drug-likeness (QED) is 0.854. The van der Waals surface area contributed by atoms with Gasteiger partial charge in [0.2, 0.25) is 5.76 Å². The van der Waals surface area contributed by atoms with E-state index in [1.54, 1.807) is 13.0 Å². The molecule has 118 valence electrons. The zero-order valence-corrected chi connectivity index (χ0v) is 13.4. The average Bonchev–Trinajstić information content (AvgIpc) is 2.97. The van der Waals surface area contributed by atoms with Gasteiger partial charge in [0, 0.05) is 19.2 Å². The largest absolute Gasteiger partial charge is 0.351 e. The van der Waals surface area contributed by atoms with E-state index in [0.717, 1.165) is 25.2 Å². The SMILES string of the molecule is CCN(CC)Cc1ccccc1CNC(=O)c1cc(C)no1. The van der Waals surface area contributed by atoms with Crippen LogP contribution in [0.1, 0.15) is 41.2 Å². The summed E-state index contributed by atoms with van der Waals surface area (Å²) < 4.78 is 4.97. The van der Waals surface area contributed by atoms with Crippen LogP contribution >= 0.6 is 0 Å². The summed E-state index contributed by atoms with van der Waals surface area (Å²) in [6.07, 6.45) is 0. The summed E-state index contributed by atoms with van der Waals surface area (Å²) in [4.78, 5) is 14.4. The number of hydrogen-bond donors (Lipinski definition) is 1. The fourth-order valence-corrected chi connectivity index (χ4v) is 2.31. The monoisotopic (exact) mass is 301 g/mol. The molecule has 0 atom stereocenters. The summed E-state index contributed by atoms with van der Waals surface area (Å²) in [5.41, 5.74) is 3.06. The van der Waals surface area contributed by atoms with Gasteiger partial charge in [-0.25, -0.2) is 0 Å². The number of rotatable bonds is 7. The fraction of sp³-hybridized carbons (Fsp3) is 0.412. The molecule has 0 radical (unpaired) electrons. The normalized spacial score (nSPS) is 10.9. The number of nitrogens with zero attached hydrogens (tertiary/aromatic N) is 2. The van der Waals surface area contributed by atoms with Crippen LogP contribution in [0.25, 0.3) is 0 Å².